The van der Waals surface area contributed by atoms with Crippen LogP contribution < -0.4 is 10.9 Å². The molecule has 9 heteroatoms. The van der Waals surface area contributed by atoms with Crippen molar-refractivity contribution in [3.63, 3.8) is 0 Å². The van der Waals surface area contributed by atoms with E-state index in [0.29, 0.717) is 35.1 Å². The summed E-state index contributed by atoms with van der Waals surface area (Å²) in [7, 11) is 1.51. The number of carbonyl (C=O) groups excluding carboxylic acids is 3. The first-order valence-electron chi connectivity index (χ1n) is 11.0. The van der Waals surface area contributed by atoms with Crippen molar-refractivity contribution >= 4 is 34.2 Å². The molecule has 2 amide bonds. The Hall–Kier alpha value is -4.01. The number of benzene rings is 2. The zero-order valence-electron chi connectivity index (χ0n) is 19.5. The maximum Gasteiger partial charge on any atom is 0.312 e. The van der Waals surface area contributed by atoms with Crippen LogP contribution in [0.2, 0.25) is 0 Å². The van der Waals surface area contributed by atoms with E-state index in [1.807, 2.05) is 32.0 Å². The normalized spacial score (nSPS) is 10.7. The number of rotatable bonds is 9. The molecule has 1 heterocycles. The van der Waals surface area contributed by atoms with Crippen molar-refractivity contribution in [2.24, 2.45) is 7.05 Å². The second-order valence-electron chi connectivity index (χ2n) is 7.94. The summed E-state index contributed by atoms with van der Waals surface area (Å²) in [5.41, 5.74) is 1.72. The summed E-state index contributed by atoms with van der Waals surface area (Å²) in [4.78, 5) is 51.2. The lowest BCUT2D eigenvalue weighted by Gasteiger charge is -2.21. The van der Waals surface area contributed by atoms with E-state index in [1.54, 1.807) is 30.3 Å². The summed E-state index contributed by atoms with van der Waals surface area (Å²) in [5.74, 6) is -1.44. The topological polar surface area (TPSA) is 111 Å². The smallest absolute Gasteiger partial charge is 0.312 e. The summed E-state index contributed by atoms with van der Waals surface area (Å²) < 4.78 is 6.36. The van der Waals surface area contributed by atoms with Crippen molar-refractivity contribution in [2.75, 3.05) is 25.0 Å². The third-order valence-electron chi connectivity index (χ3n) is 5.30. The molecule has 0 aliphatic rings. The number of esters is 1. The van der Waals surface area contributed by atoms with Gasteiger partial charge in [-0.25, -0.2) is 4.68 Å². The molecule has 1 aromatic heterocycles. The van der Waals surface area contributed by atoms with E-state index in [2.05, 4.69) is 10.4 Å². The quantitative estimate of drug-likeness (QED) is 0.486. The molecule has 0 saturated carbocycles. The molecule has 3 aromatic rings. The van der Waals surface area contributed by atoms with Crippen LogP contribution in [0.1, 0.15) is 24.6 Å². The van der Waals surface area contributed by atoms with Gasteiger partial charge in [-0.2, -0.15) is 5.10 Å². The molecular formula is C25H28N4O5. The van der Waals surface area contributed by atoms with E-state index >= 15 is 0 Å². The number of nitrogens with zero attached hydrogens (tertiary/aromatic N) is 3. The second kappa shape index (κ2) is 11.2. The Bertz CT molecular complexity index is 1270. The van der Waals surface area contributed by atoms with E-state index in [4.69, 9.17) is 4.74 Å². The fourth-order valence-corrected chi connectivity index (χ4v) is 3.57. The largest absolute Gasteiger partial charge is 0.455 e. The van der Waals surface area contributed by atoms with Crippen LogP contribution in [0.4, 0.5) is 5.69 Å². The first kappa shape index (κ1) is 24.6. The Morgan fingerprint density at radius 1 is 1.06 bits per heavy atom. The molecule has 178 valence electrons. The number of aryl methyl sites for hydroxylation is 2. The van der Waals surface area contributed by atoms with Gasteiger partial charge in [0.25, 0.3) is 11.5 Å². The Morgan fingerprint density at radius 2 is 1.74 bits per heavy atom. The van der Waals surface area contributed by atoms with Gasteiger partial charge in [0.05, 0.1) is 24.0 Å². The lowest BCUT2D eigenvalue weighted by molar-refractivity contribution is -0.151. The molecule has 0 fully saturated rings. The molecule has 34 heavy (non-hydrogen) atoms. The molecule has 9 nitrogen and oxygen atoms in total. The third kappa shape index (κ3) is 6.06. The highest BCUT2D eigenvalue weighted by Gasteiger charge is 2.20. The lowest BCUT2D eigenvalue weighted by atomic mass is 10.1. The van der Waals surface area contributed by atoms with Crippen molar-refractivity contribution in [3.05, 3.63) is 70.1 Å². The van der Waals surface area contributed by atoms with Crippen LogP contribution in [0.25, 0.3) is 10.8 Å². The number of anilines is 1. The van der Waals surface area contributed by atoms with Gasteiger partial charge in [-0.05, 0) is 31.0 Å². The predicted octanol–water partition coefficient (Wildman–Crippen LogP) is 2.20. The van der Waals surface area contributed by atoms with E-state index in [-0.39, 0.29) is 24.4 Å². The molecule has 0 aliphatic heterocycles. The summed E-state index contributed by atoms with van der Waals surface area (Å²) in [5, 5.41) is 7.99. The van der Waals surface area contributed by atoms with Gasteiger partial charge in [-0.3, -0.25) is 19.2 Å². The number of hydrogen-bond acceptors (Lipinski definition) is 6. The molecular weight excluding hydrogens is 436 g/mol. The van der Waals surface area contributed by atoms with E-state index < -0.39 is 18.5 Å². The minimum absolute atomic E-state index is 0.147. The van der Waals surface area contributed by atoms with Crippen molar-refractivity contribution < 1.29 is 19.1 Å². The van der Waals surface area contributed by atoms with Crippen LogP contribution in [0.15, 0.2) is 53.3 Å². The number of aromatic nitrogens is 2. The Morgan fingerprint density at radius 3 is 2.44 bits per heavy atom. The van der Waals surface area contributed by atoms with Gasteiger partial charge in [0, 0.05) is 24.7 Å². The van der Waals surface area contributed by atoms with Crippen molar-refractivity contribution in [3.8, 4) is 0 Å². The number of ether oxygens (including phenoxy) is 1. The van der Waals surface area contributed by atoms with E-state index in [1.165, 1.54) is 16.6 Å². The zero-order chi connectivity index (χ0) is 24.7. The molecule has 0 saturated heterocycles. The average molecular weight is 465 g/mol. The molecule has 0 unspecified atom stereocenters. The highest BCUT2D eigenvalue weighted by molar-refractivity contribution is 5.95. The van der Waals surface area contributed by atoms with Crippen molar-refractivity contribution in [2.45, 2.75) is 26.7 Å². The number of fused-ring (bicyclic) bond motifs is 1. The number of para-hydroxylation sites is 1. The molecule has 3 rings (SSSR count). The van der Waals surface area contributed by atoms with Crippen LogP contribution >= 0.6 is 0 Å². The molecule has 0 bridgehead atoms. The van der Waals surface area contributed by atoms with E-state index in [0.717, 1.165) is 5.56 Å². The summed E-state index contributed by atoms with van der Waals surface area (Å²) in [6.45, 7) is 3.49. The van der Waals surface area contributed by atoms with E-state index in [9.17, 15) is 19.2 Å². The standard InChI is InChI=1S/C25H28N4O5/c1-4-13-29(15-22(30)26-20-12-8-5-9-17(20)2)23(31)16-34-24(32)14-21-18-10-6-7-11-19(18)25(33)28(3)27-21/h5-12H,4,13-16H2,1-3H3,(H,26,30). The molecule has 0 aliphatic carbocycles. The highest BCUT2D eigenvalue weighted by Crippen LogP contribution is 2.14. The maximum absolute atomic E-state index is 12.7. The summed E-state index contributed by atoms with van der Waals surface area (Å²) >= 11 is 0. The molecule has 2 aromatic carbocycles. The fraction of sp³-hybridized carbons (Fsp3) is 0.320. The van der Waals surface area contributed by atoms with Gasteiger partial charge in [0.15, 0.2) is 6.61 Å². The highest BCUT2D eigenvalue weighted by atomic mass is 16.5. The van der Waals surface area contributed by atoms with Crippen LogP contribution in [0.5, 0.6) is 0 Å². The Kier molecular flexibility index (Phi) is 8.13. The number of amides is 2. The molecule has 0 spiro atoms. The van der Waals surface area contributed by atoms with Crippen LogP contribution in [0, 0.1) is 6.92 Å². The van der Waals surface area contributed by atoms with Gasteiger partial charge < -0.3 is 15.0 Å². The third-order valence-corrected chi connectivity index (χ3v) is 5.30. The minimum atomic E-state index is -0.648. The number of nitrogens with one attached hydrogen (secondary N) is 1. The monoisotopic (exact) mass is 464 g/mol. The van der Waals surface area contributed by atoms with Gasteiger partial charge >= 0.3 is 5.97 Å². The Balaban J connectivity index is 1.60. The van der Waals surface area contributed by atoms with Gasteiger partial charge in [0.2, 0.25) is 5.91 Å². The maximum atomic E-state index is 12.7. The average Bonchev–Trinajstić information content (AvgIpc) is 2.82. The summed E-state index contributed by atoms with van der Waals surface area (Å²) in [6, 6.07) is 14.2. The fourth-order valence-electron chi connectivity index (χ4n) is 3.57. The van der Waals surface area contributed by atoms with Crippen LogP contribution in [-0.4, -0.2) is 52.2 Å². The van der Waals surface area contributed by atoms with Gasteiger partial charge in [-0.1, -0.05) is 43.3 Å². The molecule has 0 atom stereocenters. The van der Waals surface area contributed by atoms with Gasteiger partial charge in [0.1, 0.15) is 0 Å². The number of hydrogen-bond donors (Lipinski definition) is 1. The van der Waals surface area contributed by atoms with Crippen LogP contribution in [-0.2, 0) is 32.6 Å². The molecule has 0 radical (unpaired) electrons. The number of carbonyl (C=O) groups is 3. The van der Waals surface area contributed by atoms with Crippen molar-refractivity contribution in [1.82, 2.24) is 14.7 Å². The first-order chi connectivity index (χ1) is 16.3. The van der Waals surface area contributed by atoms with Gasteiger partial charge in [-0.15, -0.1) is 0 Å². The molecule has 1 N–H and O–H groups in total. The lowest BCUT2D eigenvalue weighted by Crippen LogP contribution is -2.41. The predicted molar refractivity (Wildman–Crippen MR) is 128 cm³/mol. The van der Waals surface area contributed by atoms with Crippen molar-refractivity contribution in [1.29, 1.82) is 0 Å². The minimum Gasteiger partial charge on any atom is -0.455 e. The zero-order valence-corrected chi connectivity index (χ0v) is 19.5. The SMILES string of the molecule is CCCN(CC(=O)Nc1ccccc1C)C(=O)COC(=O)Cc1nn(C)c(=O)c2ccccc12. The van der Waals surface area contributed by atoms with Crippen LogP contribution in [0.3, 0.4) is 0 Å². The Labute approximate surface area is 197 Å². The second-order valence-corrected chi connectivity index (χ2v) is 7.94. The first-order valence-corrected chi connectivity index (χ1v) is 11.0. The summed E-state index contributed by atoms with van der Waals surface area (Å²) in [6.07, 6.45) is 0.453.